The number of nitriles is 1. The Morgan fingerprint density at radius 2 is 1.71 bits per heavy atom. The highest BCUT2D eigenvalue weighted by Crippen LogP contribution is 2.36. The van der Waals surface area contributed by atoms with Crippen LogP contribution < -0.4 is 0 Å². The molecule has 5 aromatic rings. The van der Waals surface area contributed by atoms with E-state index in [-0.39, 0.29) is 4.90 Å². The van der Waals surface area contributed by atoms with Gasteiger partial charge in [0.05, 0.1) is 32.4 Å². The molecule has 3 aromatic carbocycles. The van der Waals surface area contributed by atoms with Gasteiger partial charge in [-0.15, -0.1) is 11.3 Å². The number of rotatable bonds is 7. The molecule has 212 valence electrons. The van der Waals surface area contributed by atoms with Crippen molar-refractivity contribution in [3.05, 3.63) is 112 Å². The summed E-state index contributed by atoms with van der Waals surface area (Å²) in [6.45, 7) is 7.26. The molecule has 2 aromatic heterocycles. The van der Waals surface area contributed by atoms with E-state index < -0.39 is 20.9 Å². The average molecular weight is 594 g/mol. The van der Waals surface area contributed by atoms with Crippen LogP contribution in [0.4, 0.5) is 0 Å². The molecule has 0 saturated heterocycles. The minimum Gasteiger partial charge on any atom is -0.385 e. The van der Waals surface area contributed by atoms with E-state index in [1.807, 2.05) is 62.4 Å². The van der Waals surface area contributed by atoms with Gasteiger partial charge in [0.1, 0.15) is 5.01 Å². The van der Waals surface area contributed by atoms with Gasteiger partial charge < -0.3 is 5.11 Å². The molecule has 0 unspecified atom stereocenters. The Hall–Kier alpha value is -4.16. The Morgan fingerprint density at radius 3 is 2.36 bits per heavy atom. The molecule has 0 aliphatic rings. The van der Waals surface area contributed by atoms with Crippen molar-refractivity contribution in [2.24, 2.45) is 0 Å². The van der Waals surface area contributed by atoms with Crippen LogP contribution in [0.5, 0.6) is 0 Å². The molecule has 5 rings (SSSR count). The van der Waals surface area contributed by atoms with Crippen LogP contribution in [0, 0.1) is 11.3 Å². The zero-order valence-electron chi connectivity index (χ0n) is 24.1. The Kier molecular flexibility index (Phi) is 7.62. The van der Waals surface area contributed by atoms with Crippen molar-refractivity contribution < 1.29 is 13.5 Å². The summed E-state index contributed by atoms with van der Waals surface area (Å²) in [6.07, 6.45) is 6.65. The SMILES string of the molecule is CC(C)(O)c1cnc(/C(=C\c2cccc(-c3cc(C(C)(C)C#N)cc4cccnc34)c2)c2ccc(S(C)(=O)=O)cc2)s1. The van der Waals surface area contributed by atoms with Crippen molar-refractivity contribution in [1.82, 2.24) is 9.97 Å². The summed E-state index contributed by atoms with van der Waals surface area (Å²) in [5, 5.41) is 22.1. The molecular formula is C34H31N3O3S2. The number of nitrogens with zero attached hydrogens (tertiary/aromatic N) is 3. The lowest BCUT2D eigenvalue weighted by atomic mass is 9.83. The van der Waals surface area contributed by atoms with E-state index in [9.17, 15) is 18.8 Å². The Morgan fingerprint density at radius 1 is 0.976 bits per heavy atom. The van der Waals surface area contributed by atoms with Gasteiger partial charge in [-0.25, -0.2) is 13.4 Å². The molecule has 0 spiro atoms. The number of sulfone groups is 1. The first-order chi connectivity index (χ1) is 19.8. The van der Waals surface area contributed by atoms with Crippen molar-refractivity contribution in [3.63, 3.8) is 0 Å². The molecule has 0 aliphatic heterocycles. The maximum Gasteiger partial charge on any atom is 0.175 e. The highest BCUT2D eigenvalue weighted by Gasteiger charge is 2.23. The average Bonchev–Trinajstić information content (AvgIpc) is 3.46. The van der Waals surface area contributed by atoms with E-state index in [2.05, 4.69) is 22.1 Å². The van der Waals surface area contributed by atoms with Crippen LogP contribution in [0.25, 0.3) is 33.7 Å². The van der Waals surface area contributed by atoms with Gasteiger partial charge in [-0.1, -0.05) is 36.4 Å². The molecule has 2 heterocycles. The lowest BCUT2D eigenvalue weighted by Gasteiger charge is -2.19. The van der Waals surface area contributed by atoms with Crippen LogP contribution >= 0.6 is 11.3 Å². The summed E-state index contributed by atoms with van der Waals surface area (Å²) in [6, 6.07) is 25.2. The minimum atomic E-state index is -3.35. The number of pyridine rings is 1. The second-order valence-electron chi connectivity index (χ2n) is 11.4. The van der Waals surface area contributed by atoms with Crippen LogP contribution in [0.2, 0.25) is 0 Å². The van der Waals surface area contributed by atoms with Crippen LogP contribution in [-0.2, 0) is 20.9 Å². The van der Waals surface area contributed by atoms with Crippen molar-refractivity contribution in [2.45, 2.75) is 43.6 Å². The number of hydrogen-bond acceptors (Lipinski definition) is 7. The van der Waals surface area contributed by atoms with Crippen LogP contribution in [0.1, 0.15) is 54.3 Å². The summed E-state index contributed by atoms with van der Waals surface area (Å²) in [5.74, 6) is 0. The van der Waals surface area contributed by atoms with Gasteiger partial charge in [0.25, 0.3) is 0 Å². The highest BCUT2D eigenvalue weighted by atomic mass is 32.2. The van der Waals surface area contributed by atoms with Gasteiger partial charge in [0.15, 0.2) is 9.84 Å². The number of benzene rings is 3. The topological polar surface area (TPSA) is 104 Å². The number of hydrogen-bond donors (Lipinski definition) is 1. The molecule has 0 atom stereocenters. The third-order valence-electron chi connectivity index (χ3n) is 7.15. The van der Waals surface area contributed by atoms with E-state index in [1.54, 1.807) is 50.5 Å². The van der Waals surface area contributed by atoms with Gasteiger partial charge in [-0.3, -0.25) is 4.98 Å². The number of thiazole rings is 1. The lowest BCUT2D eigenvalue weighted by molar-refractivity contribution is 0.0823. The molecule has 8 heteroatoms. The smallest absolute Gasteiger partial charge is 0.175 e. The van der Waals surface area contributed by atoms with Crippen molar-refractivity contribution in [1.29, 1.82) is 5.26 Å². The van der Waals surface area contributed by atoms with Crippen LogP contribution in [-0.4, -0.2) is 29.7 Å². The second kappa shape index (κ2) is 10.9. The maximum atomic E-state index is 12.1. The lowest BCUT2D eigenvalue weighted by Crippen LogP contribution is -2.14. The summed E-state index contributed by atoms with van der Waals surface area (Å²) in [7, 11) is -3.35. The molecule has 0 saturated carbocycles. The molecule has 42 heavy (non-hydrogen) atoms. The molecule has 0 aliphatic carbocycles. The zero-order valence-corrected chi connectivity index (χ0v) is 25.7. The summed E-state index contributed by atoms with van der Waals surface area (Å²) < 4.78 is 24.2. The van der Waals surface area contributed by atoms with E-state index in [1.165, 1.54) is 17.6 Å². The second-order valence-corrected chi connectivity index (χ2v) is 14.5. The Bertz CT molecular complexity index is 1980. The summed E-state index contributed by atoms with van der Waals surface area (Å²) in [4.78, 5) is 10.3. The molecular weight excluding hydrogens is 563 g/mol. The minimum absolute atomic E-state index is 0.239. The molecule has 6 nitrogen and oxygen atoms in total. The van der Waals surface area contributed by atoms with Crippen molar-refractivity contribution in [2.75, 3.05) is 6.26 Å². The molecule has 0 fully saturated rings. The highest BCUT2D eigenvalue weighted by molar-refractivity contribution is 7.90. The van der Waals surface area contributed by atoms with Crippen LogP contribution in [0.15, 0.2) is 90.1 Å². The molecule has 0 bridgehead atoms. The van der Waals surface area contributed by atoms with E-state index >= 15 is 0 Å². The fourth-order valence-corrected chi connectivity index (χ4v) is 6.22. The number of fused-ring (bicyclic) bond motifs is 1. The Balaban J connectivity index is 1.68. The molecule has 0 amide bonds. The van der Waals surface area contributed by atoms with E-state index in [4.69, 9.17) is 0 Å². The van der Waals surface area contributed by atoms with Crippen molar-refractivity contribution >= 4 is 43.7 Å². The van der Waals surface area contributed by atoms with E-state index in [0.29, 0.717) is 5.01 Å². The molecule has 1 N–H and O–H groups in total. The first-order valence-corrected chi connectivity index (χ1v) is 16.1. The van der Waals surface area contributed by atoms with Crippen LogP contribution in [0.3, 0.4) is 0 Å². The monoisotopic (exact) mass is 593 g/mol. The third-order valence-corrected chi connectivity index (χ3v) is 9.62. The fourth-order valence-electron chi connectivity index (χ4n) is 4.63. The normalized spacial score (nSPS) is 12.8. The maximum absolute atomic E-state index is 12.1. The summed E-state index contributed by atoms with van der Waals surface area (Å²) >= 11 is 1.39. The van der Waals surface area contributed by atoms with Gasteiger partial charge in [0, 0.05) is 35.2 Å². The number of aliphatic hydroxyl groups is 1. The predicted octanol–water partition coefficient (Wildman–Crippen LogP) is 7.38. The van der Waals surface area contributed by atoms with Gasteiger partial charge >= 0.3 is 0 Å². The van der Waals surface area contributed by atoms with Gasteiger partial charge in [0.2, 0.25) is 0 Å². The largest absolute Gasteiger partial charge is 0.385 e. The van der Waals surface area contributed by atoms with Gasteiger partial charge in [-0.2, -0.15) is 5.26 Å². The number of aromatic nitrogens is 2. The first kappa shape index (κ1) is 29.3. The quantitative estimate of drug-likeness (QED) is 0.198. The summed E-state index contributed by atoms with van der Waals surface area (Å²) in [5.41, 5.74) is 4.43. The van der Waals surface area contributed by atoms with Crippen molar-refractivity contribution in [3.8, 4) is 17.2 Å². The fraction of sp³-hybridized carbons (Fsp3) is 0.206. The predicted molar refractivity (Wildman–Crippen MR) is 170 cm³/mol. The first-order valence-electron chi connectivity index (χ1n) is 13.4. The molecule has 0 radical (unpaired) electrons. The Labute approximate surface area is 250 Å². The van der Waals surface area contributed by atoms with E-state index in [0.717, 1.165) is 49.2 Å². The third kappa shape index (κ3) is 6.04. The van der Waals surface area contributed by atoms with Gasteiger partial charge in [-0.05, 0) is 92.4 Å². The standard InChI is InChI=1S/C34H31N3O3S2/c1-33(2,21-35)26-18-25-10-7-15-36-31(25)28(19-26)24-9-6-8-22(16-24)17-29(32-37-20-30(41-32)34(3,4)38)23-11-13-27(14-12-23)42(5,39)40/h6-20,38H,1-5H3/b29-17-. The zero-order chi connectivity index (χ0) is 30.3.